The van der Waals surface area contributed by atoms with E-state index >= 15 is 0 Å². The Labute approximate surface area is 454 Å². The number of aromatic nitrogens is 4. The van der Waals surface area contributed by atoms with E-state index in [1.165, 1.54) is 51.3 Å². The molecular weight excluding hydrogens is 1060 g/mol. The van der Waals surface area contributed by atoms with Crippen LogP contribution in [0.5, 0.6) is 0 Å². The number of Topliss-reactive ketones (excluding diaryl/α,β-unsaturated/α-hetero) is 2. The maximum absolute atomic E-state index is 11.8. The molecule has 0 radical (unpaired) electrons. The smallest absolute Gasteiger partial charge is 0.375 e. The third-order valence-corrected chi connectivity index (χ3v) is 7.94. The van der Waals surface area contributed by atoms with Crippen LogP contribution in [0.25, 0.3) is 0 Å². The van der Waals surface area contributed by atoms with Gasteiger partial charge in [0.25, 0.3) is 0 Å². The first-order chi connectivity index (χ1) is 35.9. The predicted molar refractivity (Wildman–Crippen MR) is 283 cm³/mol. The number of aryl methyl sites for hydroxylation is 4. The molecule has 0 aliphatic rings. The molecule has 0 spiro atoms. The molecule has 78 heavy (non-hydrogen) atoms. The van der Waals surface area contributed by atoms with Crippen LogP contribution in [-0.4, -0.2) is 146 Å². The number of nitrogens with zero attached hydrogens (tertiary/aromatic N) is 4. The number of carboxylic acid groups (broad SMARTS) is 3. The number of halogens is 1. The number of hydrogen-bond donors (Lipinski definition) is 10. The lowest BCUT2D eigenvalue weighted by atomic mass is 10.1. The number of nitrogen functional groups attached to an aromatic ring is 4. The number of carbonyl (C=O) groups excluding carboxylic acids is 7. The van der Waals surface area contributed by atoms with Crippen molar-refractivity contribution < 1.29 is 92.1 Å². The van der Waals surface area contributed by atoms with Crippen LogP contribution >= 0.6 is 12.4 Å². The van der Waals surface area contributed by atoms with Crippen molar-refractivity contribution in [1.29, 1.82) is 5.41 Å². The van der Waals surface area contributed by atoms with Gasteiger partial charge in [-0.2, -0.15) is 0 Å². The number of anilines is 4. The van der Waals surface area contributed by atoms with Crippen LogP contribution in [0, 0.1) is 33.1 Å². The fourth-order valence-corrected chi connectivity index (χ4v) is 5.20. The Kier molecular flexibility index (Phi) is 38.5. The molecule has 4 heterocycles. The number of esters is 5. The Morgan fingerprint density at radius 3 is 1.32 bits per heavy atom. The maximum Gasteiger partial charge on any atom is 0.375 e. The van der Waals surface area contributed by atoms with Crippen LogP contribution in [0.4, 0.5) is 23.3 Å². The molecule has 0 aromatic carbocycles. The molecule has 430 valence electrons. The number of methoxy groups -OCH3 is 1. The molecule has 0 amide bonds. The number of ketones is 2. The summed E-state index contributed by atoms with van der Waals surface area (Å²) in [6.07, 6.45) is -0.466. The largest absolute Gasteiger partial charge is 0.478 e. The van der Waals surface area contributed by atoms with Crippen molar-refractivity contribution in [3.05, 3.63) is 92.6 Å². The predicted octanol–water partition coefficient (Wildman–Crippen LogP) is 3.13. The van der Waals surface area contributed by atoms with E-state index in [9.17, 15) is 47.9 Å². The number of rotatable bonds is 15. The molecule has 0 saturated heterocycles. The minimum Gasteiger partial charge on any atom is -0.478 e. The van der Waals surface area contributed by atoms with Crippen LogP contribution < -0.4 is 28.7 Å². The molecule has 15 N–H and O–H groups in total. The third-order valence-electron chi connectivity index (χ3n) is 7.94. The van der Waals surface area contributed by atoms with Gasteiger partial charge in [-0.15, -0.1) is 12.4 Å². The summed E-state index contributed by atoms with van der Waals surface area (Å²) >= 11 is 0. The van der Waals surface area contributed by atoms with Crippen molar-refractivity contribution in [1.82, 2.24) is 19.9 Å². The number of nitrogens with one attached hydrogen (secondary N) is 1. The SMILES string of the molecule is CCOC(=O)C(=O)CC(C)=O.CCOC(=O)CC(=N)N.CCOC(=O)c1cc(C)nc(N)c1C(=O)OCC.CO.COC(=O)c1cc(C)nc(N)c1.Cc1cc(C(=O)O)c(C(=O)O)c(N)n1.Cc1cc(C(=O)O)cc(N)n1.Cl. The first-order valence-electron chi connectivity index (χ1n) is 22.2. The Balaban J connectivity index is -0.000000423. The van der Waals surface area contributed by atoms with Gasteiger partial charge in [-0.25, -0.2) is 53.5 Å². The Hall–Kier alpha value is -9.38. The summed E-state index contributed by atoms with van der Waals surface area (Å²) in [5.41, 5.74) is 28.7. The van der Waals surface area contributed by atoms with Crippen LogP contribution in [0.3, 0.4) is 0 Å². The molecule has 29 nitrogen and oxygen atoms in total. The van der Waals surface area contributed by atoms with Gasteiger partial charge in [-0.1, -0.05) is 0 Å². The van der Waals surface area contributed by atoms with E-state index < -0.39 is 59.1 Å². The van der Waals surface area contributed by atoms with Crippen LogP contribution in [0.2, 0.25) is 0 Å². The van der Waals surface area contributed by atoms with Crippen molar-refractivity contribution in [3.63, 3.8) is 0 Å². The van der Waals surface area contributed by atoms with E-state index in [0.29, 0.717) is 40.8 Å². The third kappa shape index (κ3) is 30.7. The summed E-state index contributed by atoms with van der Waals surface area (Å²) in [6.45, 7) is 15.5. The molecular formula is C48H67ClN10O19. The van der Waals surface area contributed by atoms with Crippen molar-refractivity contribution >= 4 is 101 Å². The number of aliphatic hydroxyl groups excluding tert-OH is 1. The Morgan fingerprint density at radius 2 is 0.936 bits per heavy atom. The summed E-state index contributed by atoms with van der Waals surface area (Å²) in [5, 5.41) is 39.7. The first-order valence-corrected chi connectivity index (χ1v) is 22.2. The highest BCUT2D eigenvalue weighted by molar-refractivity contribution is 6.37. The second-order valence-electron chi connectivity index (χ2n) is 14.4. The number of aliphatic hydroxyl groups is 1. The molecule has 0 atom stereocenters. The number of carbonyl (C=O) groups is 10. The van der Waals surface area contributed by atoms with Gasteiger partial charge in [-0.05, 0) is 98.7 Å². The van der Waals surface area contributed by atoms with E-state index in [1.807, 2.05) is 0 Å². The fourth-order valence-electron chi connectivity index (χ4n) is 5.20. The first kappa shape index (κ1) is 75.1. The zero-order valence-electron chi connectivity index (χ0n) is 44.7. The molecule has 4 rings (SSSR count). The number of aromatic carboxylic acids is 3. The lowest BCUT2D eigenvalue weighted by Gasteiger charge is -2.11. The molecule has 4 aromatic heterocycles. The highest BCUT2D eigenvalue weighted by Crippen LogP contribution is 2.20. The molecule has 0 bridgehead atoms. The van der Waals surface area contributed by atoms with Gasteiger partial charge in [0.05, 0.1) is 62.2 Å². The molecule has 4 aromatic rings. The molecule has 0 fully saturated rings. The molecule has 0 saturated carbocycles. The monoisotopic (exact) mass is 1120 g/mol. The van der Waals surface area contributed by atoms with Gasteiger partial charge in [0.15, 0.2) is 0 Å². The highest BCUT2D eigenvalue weighted by atomic mass is 35.5. The quantitative estimate of drug-likeness (QED) is 0.0204. The van der Waals surface area contributed by atoms with E-state index in [4.69, 9.17) is 64.0 Å². The maximum atomic E-state index is 11.8. The minimum atomic E-state index is -1.40. The van der Waals surface area contributed by atoms with Crippen LogP contribution in [0.1, 0.15) is 132 Å². The minimum absolute atomic E-state index is 0. The van der Waals surface area contributed by atoms with Crippen molar-refractivity contribution in [2.75, 3.05) is 63.6 Å². The van der Waals surface area contributed by atoms with Crippen molar-refractivity contribution in [3.8, 4) is 0 Å². The topological polar surface area (TPSA) is 503 Å². The van der Waals surface area contributed by atoms with Gasteiger partial charge in [0.2, 0.25) is 5.78 Å². The van der Waals surface area contributed by atoms with E-state index in [0.717, 1.165) is 7.11 Å². The zero-order chi connectivity index (χ0) is 60.3. The van der Waals surface area contributed by atoms with Gasteiger partial charge >= 0.3 is 47.8 Å². The van der Waals surface area contributed by atoms with E-state index in [1.54, 1.807) is 54.5 Å². The normalized spacial score (nSPS) is 9.18. The Morgan fingerprint density at radius 1 is 0.526 bits per heavy atom. The van der Waals surface area contributed by atoms with E-state index in [2.05, 4.69) is 34.1 Å². The number of carboxylic acids is 3. The molecule has 0 aliphatic carbocycles. The number of ether oxygens (including phenoxy) is 5. The summed E-state index contributed by atoms with van der Waals surface area (Å²) in [6, 6.07) is 8.54. The number of amidine groups is 1. The van der Waals surface area contributed by atoms with Gasteiger partial charge in [-0.3, -0.25) is 19.8 Å². The average Bonchev–Trinajstić information content (AvgIpc) is 3.31. The summed E-state index contributed by atoms with van der Waals surface area (Å²) in [5.74, 6) is -7.78. The lowest BCUT2D eigenvalue weighted by molar-refractivity contribution is -0.154. The van der Waals surface area contributed by atoms with E-state index in [-0.39, 0.29) is 96.4 Å². The second-order valence-corrected chi connectivity index (χ2v) is 14.4. The lowest BCUT2D eigenvalue weighted by Crippen LogP contribution is -2.19. The number of nitrogens with two attached hydrogens (primary N) is 5. The highest BCUT2D eigenvalue weighted by Gasteiger charge is 2.24. The molecule has 30 heteroatoms. The summed E-state index contributed by atoms with van der Waals surface area (Å²) < 4.78 is 23.1. The summed E-state index contributed by atoms with van der Waals surface area (Å²) in [7, 11) is 2.33. The number of pyridine rings is 4. The van der Waals surface area contributed by atoms with Crippen molar-refractivity contribution in [2.45, 2.75) is 75.2 Å². The van der Waals surface area contributed by atoms with Gasteiger partial charge in [0.1, 0.15) is 52.4 Å². The van der Waals surface area contributed by atoms with Gasteiger partial charge < -0.3 is 72.8 Å². The standard InChI is InChI=1S/C12H16N2O4.C8H8N2O4.C8H10N2O2.C7H8N2O2.C7H10O4.C5H10N2O2.CH4O.ClH/c1-4-17-11(15)8-6-7(3)14-10(13)9(8)12(16)18-5-2;1-3-2-4(7(11)12)5(8(13)14)6(9)10-3;1-5-3-6(8(11)12-2)4-7(9)10-5;1-4-2-5(7(10)11)3-6(8)9-4;1-3-11-7(10)6(9)4-5(2)8;1-2-9-5(8)3-4(6)7;1-2;/h6H,4-5H2,1-3H3,(H2,13,14);2H,1H3,(H2,9,10)(H,11,12)(H,13,14);3-4H,1-2H3,(H2,9,10);2-3H,1H3,(H2,8,9)(H,10,11);3-4H2,1-2H3;2-3H2,1H3,(H3,6,7);2H,1H3;1H. The zero-order valence-corrected chi connectivity index (χ0v) is 45.5. The van der Waals surface area contributed by atoms with Crippen molar-refractivity contribution in [2.24, 2.45) is 5.73 Å². The average molecular weight is 1120 g/mol. The second kappa shape index (κ2) is 40.0. The number of hydrogen-bond acceptors (Lipinski definition) is 25. The van der Waals surface area contributed by atoms with Crippen LogP contribution in [0.15, 0.2) is 36.4 Å². The van der Waals surface area contributed by atoms with Crippen LogP contribution in [-0.2, 0) is 42.9 Å². The Bertz CT molecular complexity index is 2680. The molecule has 0 aliphatic heterocycles. The molecule has 0 unspecified atom stereocenters. The fraction of sp³-hybridized carbons (Fsp3) is 0.354. The summed E-state index contributed by atoms with van der Waals surface area (Å²) in [4.78, 5) is 124. The van der Waals surface area contributed by atoms with Gasteiger partial charge in [0, 0.05) is 29.9 Å².